The Morgan fingerprint density at radius 1 is 1.19 bits per heavy atom. The van der Waals surface area contributed by atoms with Gasteiger partial charge in [-0.15, -0.1) is 16.3 Å². The molecule has 0 radical (unpaired) electrons. The lowest BCUT2D eigenvalue weighted by atomic mass is 9.98. The molecule has 9 nitrogen and oxygen atoms in total. The molecule has 0 aliphatic carbocycles. The number of aromatic hydroxyl groups is 1. The van der Waals surface area contributed by atoms with E-state index in [9.17, 15) is 9.90 Å². The number of amides is 1. The van der Waals surface area contributed by atoms with Crippen molar-refractivity contribution in [2.45, 2.75) is 13.0 Å². The van der Waals surface area contributed by atoms with Crippen LogP contribution in [0.3, 0.4) is 0 Å². The van der Waals surface area contributed by atoms with Crippen LogP contribution in [-0.4, -0.2) is 33.5 Å². The van der Waals surface area contributed by atoms with E-state index in [0.29, 0.717) is 18.1 Å². The maximum atomic E-state index is 13.3. The zero-order chi connectivity index (χ0) is 24.9. The minimum absolute atomic E-state index is 0.154. The largest absolute Gasteiger partial charge is 0.508 e. The number of hydrogen-bond donors (Lipinski definition) is 3. The Balaban J connectivity index is 1.29. The van der Waals surface area contributed by atoms with E-state index >= 15 is 0 Å². The average molecular weight is 496 g/mol. The third-order valence-corrected chi connectivity index (χ3v) is 6.69. The van der Waals surface area contributed by atoms with Gasteiger partial charge in [0.1, 0.15) is 5.75 Å². The van der Waals surface area contributed by atoms with E-state index in [1.165, 1.54) is 11.3 Å². The number of carbonyl (C=O) groups excluding carboxylic acids is 1. The third-order valence-electron chi connectivity index (χ3n) is 5.70. The van der Waals surface area contributed by atoms with Crippen molar-refractivity contribution in [2.24, 2.45) is 4.99 Å². The summed E-state index contributed by atoms with van der Waals surface area (Å²) in [5, 5.41) is 25.4. The number of phenolic OH excluding ortho intramolecular Hbond substituents is 1. The van der Waals surface area contributed by atoms with Gasteiger partial charge in [0.25, 0.3) is 5.91 Å². The van der Waals surface area contributed by atoms with Crippen molar-refractivity contribution in [3.8, 4) is 23.1 Å². The first-order chi connectivity index (χ1) is 17.6. The van der Waals surface area contributed by atoms with Crippen molar-refractivity contribution in [1.82, 2.24) is 15.3 Å². The van der Waals surface area contributed by atoms with Gasteiger partial charge in [-0.3, -0.25) is 9.78 Å². The Hall–Kier alpha value is -4.75. The molecule has 1 aliphatic heterocycles. The number of pyridine rings is 1. The van der Waals surface area contributed by atoms with Crippen LogP contribution >= 0.6 is 11.3 Å². The molecule has 178 valence electrons. The number of rotatable bonds is 5. The van der Waals surface area contributed by atoms with Crippen molar-refractivity contribution in [3.63, 3.8) is 0 Å². The molecule has 36 heavy (non-hydrogen) atoms. The molecule has 3 heterocycles. The molecule has 0 spiro atoms. The number of aromatic nitrogens is 2. The van der Waals surface area contributed by atoms with Crippen molar-refractivity contribution < 1.29 is 9.90 Å². The summed E-state index contributed by atoms with van der Waals surface area (Å²) < 4.78 is 0. The molecule has 0 unspecified atom stereocenters. The molecule has 0 atom stereocenters. The predicted molar refractivity (Wildman–Crippen MR) is 139 cm³/mol. The predicted octanol–water partition coefficient (Wildman–Crippen LogP) is 4.15. The summed E-state index contributed by atoms with van der Waals surface area (Å²) >= 11 is 1.30. The molecule has 1 aliphatic rings. The lowest BCUT2D eigenvalue weighted by Gasteiger charge is -2.16. The smallest absolute Gasteiger partial charge is 0.287 e. The number of thiazole rings is 1. The average Bonchev–Trinajstić information content (AvgIpc) is 3.55. The summed E-state index contributed by atoms with van der Waals surface area (Å²) in [6.07, 6.45) is 7.42. The first-order valence-corrected chi connectivity index (χ1v) is 12.0. The van der Waals surface area contributed by atoms with Gasteiger partial charge in [-0.2, -0.15) is 5.26 Å². The zero-order valence-electron chi connectivity index (χ0n) is 19.0. The van der Waals surface area contributed by atoms with Gasteiger partial charge >= 0.3 is 0 Å². The van der Waals surface area contributed by atoms with Crippen molar-refractivity contribution in [1.29, 1.82) is 5.26 Å². The van der Waals surface area contributed by atoms with Crippen molar-refractivity contribution in [2.75, 3.05) is 16.8 Å². The molecule has 4 aromatic rings. The first kappa shape index (κ1) is 23.0. The summed E-state index contributed by atoms with van der Waals surface area (Å²) in [4.78, 5) is 28.0. The zero-order valence-corrected chi connectivity index (χ0v) is 19.9. The molecule has 0 saturated carbocycles. The molecule has 0 bridgehead atoms. The maximum absolute atomic E-state index is 13.3. The van der Waals surface area contributed by atoms with E-state index in [-0.39, 0.29) is 17.6 Å². The highest BCUT2D eigenvalue weighted by atomic mass is 32.1. The Bertz CT molecular complexity index is 1480. The van der Waals surface area contributed by atoms with Gasteiger partial charge in [0.15, 0.2) is 5.01 Å². The standard InChI is InChI=1S/C26H21N7O2S/c27-16-31-26(32-18-7-10-28-11-8-18)30-15-20-14-29-24(36-20)25(35)33-12-9-22-21(5-2-6-23(22)33)17-3-1-4-19(34)13-17/h1-8,10-11,13-14,34H,9,12,15H2,(H2,28,30,31,32). The minimum Gasteiger partial charge on any atom is -0.508 e. The van der Waals surface area contributed by atoms with Crippen LogP contribution < -0.4 is 15.5 Å². The second-order valence-electron chi connectivity index (χ2n) is 7.97. The Morgan fingerprint density at radius 2 is 2.03 bits per heavy atom. The number of carbonyl (C=O) groups is 1. The van der Waals surface area contributed by atoms with Gasteiger partial charge < -0.3 is 20.6 Å². The molecule has 2 aromatic heterocycles. The third kappa shape index (κ3) is 4.87. The van der Waals surface area contributed by atoms with E-state index < -0.39 is 0 Å². The van der Waals surface area contributed by atoms with Gasteiger partial charge in [-0.1, -0.05) is 24.3 Å². The normalized spacial score (nSPS) is 12.6. The number of phenols is 1. The lowest BCUT2D eigenvalue weighted by Crippen LogP contribution is -2.29. The first-order valence-electron chi connectivity index (χ1n) is 11.2. The fourth-order valence-electron chi connectivity index (χ4n) is 4.10. The molecule has 0 saturated heterocycles. The van der Waals surface area contributed by atoms with E-state index in [0.717, 1.165) is 39.4 Å². The van der Waals surface area contributed by atoms with E-state index in [2.05, 4.69) is 25.6 Å². The topological polar surface area (TPSA) is 127 Å². The Morgan fingerprint density at radius 3 is 2.83 bits per heavy atom. The number of aliphatic imine (C=N–C) groups is 1. The number of nitrogens with one attached hydrogen (secondary N) is 2. The molecular weight excluding hydrogens is 474 g/mol. The molecule has 10 heteroatoms. The monoisotopic (exact) mass is 495 g/mol. The summed E-state index contributed by atoms with van der Waals surface area (Å²) in [7, 11) is 0. The quantitative estimate of drug-likeness (QED) is 0.216. The van der Waals surface area contributed by atoms with Gasteiger partial charge in [-0.05, 0) is 53.4 Å². The number of fused-ring (bicyclic) bond motifs is 1. The number of hydrogen-bond acceptors (Lipinski definition) is 7. The van der Waals surface area contributed by atoms with Crippen LogP contribution in [0.15, 0.2) is 78.2 Å². The Labute approximate surface area is 211 Å². The number of nitriles is 1. The molecule has 3 N–H and O–H groups in total. The summed E-state index contributed by atoms with van der Waals surface area (Å²) in [5.74, 6) is 0.343. The lowest BCUT2D eigenvalue weighted by molar-refractivity contribution is 0.0989. The fourth-order valence-corrected chi connectivity index (χ4v) is 4.90. The van der Waals surface area contributed by atoms with E-state index in [4.69, 9.17) is 5.26 Å². The molecule has 2 aromatic carbocycles. The van der Waals surface area contributed by atoms with Gasteiger partial charge in [0.2, 0.25) is 12.2 Å². The molecule has 1 amide bonds. The highest BCUT2D eigenvalue weighted by Crippen LogP contribution is 2.37. The highest BCUT2D eigenvalue weighted by molar-refractivity contribution is 7.13. The van der Waals surface area contributed by atoms with Gasteiger partial charge in [0, 0.05) is 41.4 Å². The summed E-state index contributed by atoms with van der Waals surface area (Å²) in [6.45, 7) is 0.910. The van der Waals surface area contributed by atoms with Crippen molar-refractivity contribution >= 4 is 34.6 Å². The molecule has 0 fully saturated rings. The van der Waals surface area contributed by atoms with Crippen LogP contribution in [0.2, 0.25) is 0 Å². The van der Waals surface area contributed by atoms with Crippen LogP contribution in [0.4, 0.5) is 11.4 Å². The van der Waals surface area contributed by atoms with Crippen LogP contribution in [0.1, 0.15) is 20.2 Å². The van der Waals surface area contributed by atoms with Crippen LogP contribution in [-0.2, 0) is 13.0 Å². The summed E-state index contributed by atoms with van der Waals surface area (Å²) in [5.41, 5.74) is 4.60. The number of anilines is 2. The Kier molecular flexibility index (Phi) is 6.55. The number of benzene rings is 2. The van der Waals surface area contributed by atoms with Gasteiger partial charge in [-0.25, -0.2) is 4.98 Å². The second kappa shape index (κ2) is 10.2. The SMILES string of the molecule is N#C/N=C(\NCc1cnc(C(=O)N2CCc3c(-c4cccc(O)c4)cccc32)s1)Nc1ccncc1. The molecule has 5 rings (SSSR count). The molecular formula is C26H21N7O2S. The van der Waals surface area contributed by atoms with Crippen LogP contribution in [0, 0.1) is 11.5 Å². The van der Waals surface area contributed by atoms with Crippen LogP contribution in [0.25, 0.3) is 11.1 Å². The second-order valence-corrected chi connectivity index (χ2v) is 9.08. The van der Waals surface area contributed by atoms with E-state index in [1.54, 1.807) is 53.9 Å². The van der Waals surface area contributed by atoms with E-state index in [1.807, 2.05) is 30.3 Å². The highest BCUT2D eigenvalue weighted by Gasteiger charge is 2.29. The fraction of sp³-hybridized carbons (Fsp3) is 0.115. The minimum atomic E-state index is -0.154. The number of guanidine groups is 1. The van der Waals surface area contributed by atoms with Gasteiger partial charge in [0.05, 0.1) is 6.54 Å². The maximum Gasteiger partial charge on any atom is 0.287 e. The van der Waals surface area contributed by atoms with Crippen molar-refractivity contribution in [3.05, 3.63) is 88.6 Å². The summed E-state index contributed by atoms with van der Waals surface area (Å²) in [6, 6.07) is 16.5. The van der Waals surface area contributed by atoms with Crippen LogP contribution in [0.5, 0.6) is 5.75 Å². The number of nitrogens with zero attached hydrogens (tertiary/aromatic N) is 5.